The Hall–Kier alpha value is -4.48. The highest BCUT2D eigenvalue weighted by Crippen LogP contribution is 2.19. The van der Waals surface area contributed by atoms with Gasteiger partial charge in [0.15, 0.2) is 0 Å². The van der Waals surface area contributed by atoms with Crippen LogP contribution in [0.4, 0.5) is 0 Å². The predicted molar refractivity (Wildman–Crippen MR) is 245 cm³/mol. The third-order valence-electron chi connectivity index (χ3n) is 10.7. The maximum absolute atomic E-state index is 10.5. The van der Waals surface area contributed by atoms with Gasteiger partial charge in [0.05, 0.1) is 52.2 Å². The molecule has 0 unspecified atom stereocenters. The van der Waals surface area contributed by atoms with Crippen LogP contribution in [-0.2, 0) is 38.4 Å². The van der Waals surface area contributed by atoms with Crippen molar-refractivity contribution < 1.29 is 79.2 Å². The lowest BCUT2D eigenvalue weighted by molar-refractivity contribution is -0.138. The molecule has 0 aromatic rings. The van der Waals surface area contributed by atoms with Gasteiger partial charge in [0.1, 0.15) is 0 Å². The molecule has 0 spiro atoms. The van der Waals surface area contributed by atoms with E-state index >= 15 is 0 Å². The van der Waals surface area contributed by atoms with E-state index in [-0.39, 0.29) is 58.8 Å². The Balaban J connectivity index is 0. The molecule has 0 saturated heterocycles. The van der Waals surface area contributed by atoms with Crippen LogP contribution in [0.15, 0.2) is 0 Å². The van der Waals surface area contributed by atoms with Gasteiger partial charge in [0, 0.05) is 30.7 Å². The van der Waals surface area contributed by atoms with E-state index in [0.717, 1.165) is 51.4 Å². The minimum absolute atomic E-state index is 0.0483. The van der Waals surface area contributed by atoms with Crippen molar-refractivity contribution in [1.82, 2.24) is 31.9 Å². The topological polar surface area (TPSA) is 371 Å². The lowest BCUT2D eigenvalue weighted by Crippen LogP contribution is -2.38. The summed E-state index contributed by atoms with van der Waals surface area (Å²) in [5.41, 5.74) is 0. The summed E-state index contributed by atoms with van der Waals surface area (Å²) in [6, 6.07) is 1.82. The molecule has 0 amide bonds. The highest BCUT2D eigenvalue weighted by molar-refractivity contribution is 5.72. The molecule has 4 aliphatic carbocycles. The van der Waals surface area contributed by atoms with Crippen LogP contribution in [0.5, 0.6) is 0 Å². The second-order valence-corrected chi connectivity index (χ2v) is 16.6. The highest BCUT2D eigenvalue weighted by atomic mass is 16.4. The number of hydrogen-bond donors (Lipinski definition) is 14. The zero-order valence-electron chi connectivity index (χ0n) is 38.8. The second kappa shape index (κ2) is 44.4. The summed E-state index contributed by atoms with van der Waals surface area (Å²) in [4.78, 5) is 80.0. The number of carboxylic acid groups (broad SMARTS) is 8. The third kappa shape index (κ3) is 50.5. The molecular formula is C44H82N6O16. The van der Waals surface area contributed by atoms with Crippen molar-refractivity contribution >= 4 is 47.8 Å². The molecule has 66 heavy (non-hydrogen) atoms. The lowest BCUT2D eigenvalue weighted by atomic mass is 9.93. The van der Waals surface area contributed by atoms with Gasteiger partial charge in [0.2, 0.25) is 0 Å². The summed E-state index contributed by atoms with van der Waals surface area (Å²) < 4.78 is 0. The van der Waals surface area contributed by atoms with E-state index in [0.29, 0.717) is 24.2 Å². The van der Waals surface area contributed by atoms with Crippen molar-refractivity contribution in [2.75, 3.05) is 52.4 Å². The first-order valence-electron chi connectivity index (χ1n) is 23.5. The Morgan fingerprint density at radius 1 is 0.273 bits per heavy atom. The highest BCUT2D eigenvalue weighted by Gasteiger charge is 2.17. The zero-order chi connectivity index (χ0) is 49.8. The predicted octanol–water partition coefficient (Wildman–Crippen LogP) is 3.02. The molecule has 0 aromatic carbocycles. The summed E-state index contributed by atoms with van der Waals surface area (Å²) in [5.74, 6) is -7.04. The Morgan fingerprint density at radius 3 is 0.697 bits per heavy atom. The summed E-state index contributed by atoms with van der Waals surface area (Å²) in [7, 11) is 0. The molecule has 14 N–H and O–H groups in total. The van der Waals surface area contributed by atoms with Crippen molar-refractivity contribution in [1.29, 1.82) is 0 Å². The van der Waals surface area contributed by atoms with Crippen LogP contribution in [0.3, 0.4) is 0 Å². The smallest absolute Gasteiger partial charge is 0.317 e. The van der Waals surface area contributed by atoms with Gasteiger partial charge in [-0.1, -0.05) is 96.3 Å². The molecule has 0 heterocycles. The summed E-state index contributed by atoms with van der Waals surface area (Å²) >= 11 is 0. The minimum atomic E-state index is -1.06. The number of rotatable bonds is 21. The van der Waals surface area contributed by atoms with Gasteiger partial charge < -0.3 is 67.4 Å². The minimum Gasteiger partial charge on any atom is -0.481 e. The van der Waals surface area contributed by atoms with E-state index in [4.69, 9.17) is 40.9 Å². The van der Waals surface area contributed by atoms with Crippen LogP contribution in [0.25, 0.3) is 0 Å². The van der Waals surface area contributed by atoms with Crippen molar-refractivity contribution in [3.8, 4) is 0 Å². The van der Waals surface area contributed by atoms with Crippen LogP contribution in [0.2, 0.25) is 0 Å². The molecule has 384 valence electrons. The van der Waals surface area contributed by atoms with Crippen molar-refractivity contribution in [3.63, 3.8) is 0 Å². The van der Waals surface area contributed by atoms with Crippen LogP contribution in [0, 0.1) is 0 Å². The Kier molecular flexibility index (Phi) is 42.8. The fraction of sp³-hybridized carbons (Fsp3) is 0.818. The molecule has 4 fully saturated rings. The first-order valence-corrected chi connectivity index (χ1v) is 23.5. The number of aliphatic carboxylic acids is 8. The Bertz CT molecular complexity index is 1290. The molecule has 4 rings (SSSR count). The molecule has 0 aliphatic heterocycles. The fourth-order valence-electron chi connectivity index (χ4n) is 7.01. The van der Waals surface area contributed by atoms with Gasteiger partial charge in [-0.2, -0.15) is 0 Å². The summed E-state index contributed by atoms with van der Waals surface area (Å²) in [5, 5.41) is 82.5. The number of hydrogen-bond acceptors (Lipinski definition) is 14. The molecule has 0 atom stereocenters. The van der Waals surface area contributed by atoms with Gasteiger partial charge in [0.25, 0.3) is 0 Å². The van der Waals surface area contributed by atoms with E-state index in [1.54, 1.807) is 0 Å². The molecule has 22 heteroatoms. The van der Waals surface area contributed by atoms with Crippen molar-refractivity contribution in [2.24, 2.45) is 0 Å². The van der Waals surface area contributed by atoms with Crippen LogP contribution >= 0.6 is 0 Å². The summed E-state index contributed by atoms with van der Waals surface area (Å²) in [6.07, 6.45) is 28.5. The van der Waals surface area contributed by atoms with E-state index in [1.165, 1.54) is 96.3 Å². The van der Waals surface area contributed by atoms with Crippen LogP contribution < -0.4 is 31.9 Å². The third-order valence-corrected chi connectivity index (χ3v) is 10.7. The van der Waals surface area contributed by atoms with Crippen LogP contribution in [-0.4, -0.2) is 165 Å². The van der Waals surface area contributed by atoms with E-state index in [1.807, 2.05) is 0 Å². The van der Waals surface area contributed by atoms with E-state index < -0.39 is 47.8 Å². The normalized spacial score (nSPS) is 17.0. The van der Waals surface area contributed by atoms with Gasteiger partial charge >= 0.3 is 47.8 Å². The fourth-order valence-corrected chi connectivity index (χ4v) is 7.01. The summed E-state index contributed by atoms with van der Waals surface area (Å²) in [6.45, 7) is -0.155. The maximum Gasteiger partial charge on any atom is 0.317 e. The lowest BCUT2D eigenvalue weighted by Gasteiger charge is -2.25. The number of carboxylic acids is 8. The standard InChI is InChI=1S/C12H23NO2.C9H17NO2.C8H15NO2.C6H11NO2.C5H9NO4.C4H7NO4/c14-12(15)10-13-11-8-6-4-2-1-3-5-7-9-11;11-9(12)7-10-8-5-3-1-2-4-6-8;10-8(11)6-9-7-4-2-1-3-5-7;8-6(9)4-7-5-2-1-3-5;7-4(8)1-2-6-3-5(9)10;6-3(7)1-5-2-4(8)9/h11,13H,1-10H2,(H,14,15);8,10H,1-7H2,(H,11,12);7,9H,1-6H2,(H,10,11);5,7H,1-4H2,(H,8,9);6H,1-3H2,(H,7,8)(H,9,10);5H,1-2H2,(H,6,7)(H,8,9). The zero-order valence-corrected chi connectivity index (χ0v) is 38.8. The van der Waals surface area contributed by atoms with Gasteiger partial charge in [-0.25, -0.2) is 0 Å². The number of carbonyl (C=O) groups is 8. The SMILES string of the molecule is O=C(O)CCNCC(=O)O.O=C(O)CNC1CCC1.O=C(O)CNC1CCCCC1.O=C(O)CNC1CCCCCC1.O=C(O)CNC1CCCCCCCCC1.O=C(O)CNCC(=O)O. The molecule has 4 saturated carbocycles. The average Bonchev–Trinajstić information content (AvgIpc) is 3.52. The average molecular weight is 951 g/mol. The first kappa shape index (κ1) is 63.6. The molecular weight excluding hydrogens is 869 g/mol. The first-order chi connectivity index (χ1) is 31.4. The van der Waals surface area contributed by atoms with Crippen molar-refractivity contribution in [3.05, 3.63) is 0 Å². The van der Waals surface area contributed by atoms with E-state index in [9.17, 15) is 38.4 Å². The molecule has 22 nitrogen and oxygen atoms in total. The van der Waals surface area contributed by atoms with Gasteiger partial charge in [-0.3, -0.25) is 43.7 Å². The van der Waals surface area contributed by atoms with Crippen molar-refractivity contribution in [2.45, 2.75) is 178 Å². The maximum atomic E-state index is 10.5. The largest absolute Gasteiger partial charge is 0.481 e. The second-order valence-electron chi connectivity index (χ2n) is 16.6. The molecule has 4 aliphatic rings. The van der Waals surface area contributed by atoms with Gasteiger partial charge in [-0.15, -0.1) is 0 Å². The monoisotopic (exact) mass is 951 g/mol. The van der Waals surface area contributed by atoms with E-state index in [2.05, 4.69) is 31.9 Å². The molecule has 0 bridgehead atoms. The molecule has 0 aromatic heterocycles. The Morgan fingerprint density at radius 2 is 0.485 bits per heavy atom. The number of nitrogens with one attached hydrogen (secondary N) is 6. The molecule has 0 radical (unpaired) electrons. The van der Waals surface area contributed by atoms with Crippen LogP contribution in [0.1, 0.15) is 154 Å². The Labute approximate surface area is 388 Å². The van der Waals surface area contributed by atoms with Gasteiger partial charge in [-0.05, 0) is 51.4 Å². The quantitative estimate of drug-likeness (QED) is 0.0581.